The fourth-order valence-electron chi connectivity index (χ4n) is 2.50. The summed E-state index contributed by atoms with van der Waals surface area (Å²) in [6.45, 7) is 0.284. The number of carbonyl (C=O) groups excluding carboxylic acids is 1. The van der Waals surface area contributed by atoms with E-state index in [0.717, 1.165) is 12.1 Å². The number of benzene rings is 1. The van der Waals surface area contributed by atoms with Gasteiger partial charge in [-0.05, 0) is 24.1 Å². The molecule has 2 rings (SSSR count). The fraction of sp³-hybridized carbons (Fsp3) is 0.500. The highest BCUT2D eigenvalue weighted by molar-refractivity contribution is 5.77. The highest BCUT2D eigenvalue weighted by Crippen LogP contribution is 2.39. The van der Waals surface area contributed by atoms with Gasteiger partial charge in [-0.25, -0.2) is 4.39 Å². The van der Waals surface area contributed by atoms with Gasteiger partial charge in [-0.15, -0.1) is 0 Å². The summed E-state index contributed by atoms with van der Waals surface area (Å²) in [6.07, 6.45) is -5.69. The average Bonchev–Trinajstić information content (AvgIpc) is 2.83. The van der Waals surface area contributed by atoms with Crippen molar-refractivity contribution in [2.45, 2.75) is 25.2 Å². The van der Waals surface area contributed by atoms with Crippen molar-refractivity contribution in [1.29, 1.82) is 0 Å². The van der Waals surface area contributed by atoms with E-state index >= 15 is 0 Å². The maximum Gasteiger partial charge on any atom is 0.418 e. The lowest BCUT2D eigenvalue weighted by atomic mass is 10.0. The van der Waals surface area contributed by atoms with Crippen molar-refractivity contribution in [3.8, 4) is 0 Å². The molecule has 0 amide bonds. The van der Waals surface area contributed by atoms with E-state index in [9.17, 15) is 22.4 Å². The molecule has 0 radical (unpaired) electrons. The van der Waals surface area contributed by atoms with Crippen LogP contribution in [0.5, 0.6) is 0 Å². The molecule has 22 heavy (non-hydrogen) atoms. The quantitative estimate of drug-likeness (QED) is 0.528. The van der Waals surface area contributed by atoms with Crippen LogP contribution in [-0.2, 0) is 22.1 Å². The molecule has 4 nitrogen and oxygen atoms in total. The summed E-state index contributed by atoms with van der Waals surface area (Å²) >= 11 is 0. The molecular formula is C14H16F4N2O2. The van der Waals surface area contributed by atoms with Crippen LogP contribution in [0.15, 0.2) is 12.1 Å². The first-order chi connectivity index (χ1) is 10.2. The number of hydrogen-bond donors (Lipinski definition) is 1. The van der Waals surface area contributed by atoms with E-state index in [-0.39, 0.29) is 31.6 Å². The topological polar surface area (TPSA) is 55.6 Å². The second-order valence-electron chi connectivity index (χ2n) is 5.15. The molecule has 2 N–H and O–H groups in total. The summed E-state index contributed by atoms with van der Waals surface area (Å²) in [4.78, 5) is 12.9. The minimum absolute atomic E-state index is 0.00458. The number of rotatable bonds is 3. The van der Waals surface area contributed by atoms with Crippen LogP contribution in [0.1, 0.15) is 17.5 Å². The summed E-state index contributed by atoms with van der Waals surface area (Å²) in [5, 5.41) is 0. The van der Waals surface area contributed by atoms with E-state index < -0.39 is 29.6 Å². The molecule has 1 atom stereocenters. The lowest BCUT2D eigenvalue weighted by Crippen LogP contribution is -2.23. The zero-order chi connectivity index (χ0) is 16.5. The first-order valence-corrected chi connectivity index (χ1v) is 6.67. The van der Waals surface area contributed by atoms with E-state index in [1.54, 1.807) is 0 Å². The summed E-state index contributed by atoms with van der Waals surface area (Å²) in [5.74, 6) is -0.601. The first kappa shape index (κ1) is 16.4. The number of esters is 1. The van der Waals surface area contributed by atoms with Crippen molar-refractivity contribution in [2.75, 3.05) is 30.8 Å². The fourth-order valence-corrected chi connectivity index (χ4v) is 2.50. The van der Waals surface area contributed by atoms with Crippen LogP contribution in [0, 0.1) is 0 Å². The van der Waals surface area contributed by atoms with Gasteiger partial charge in [0.1, 0.15) is 6.17 Å². The minimum Gasteiger partial charge on any atom is -0.469 e. The molecular weight excluding hydrogens is 304 g/mol. The number of ether oxygens (including phenoxy) is 1. The van der Waals surface area contributed by atoms with Gasteiger partial charge >= 0.3 is 12.1 Å². The molecule has 1 saturated heterocycles. The Morgan fingerprint density at radius 2 is 2.14 bits per heavy atom. The van der Waals surface area contributed by atoms with Gasteiger partial charge in [0.25, 0.3) is 0 Å². The Morgan fingerprint density at radius 1 is 1.45 bits per heavy atom. The maximum absolute atomic E-state index is 13.4. The standard InChI is InChI=1S/C14H16F4N2O2/c1-22-13(21)5-8-4-11(19)10(14(16,17)18)6-12(8)20-3-2-9(15)7-20/h4,6,9H,2-3,5,7,19H2,1H3/t9-/m1/s1. The van der Waals surface area contributed by atoms with Crippen molar-refractivity contribution < 1.29 is 27.1 Å². The van der Waals surface area contributed by atoms with Crippen molar-refractivity contribution in [3.05, 3.63) is 23.3 Å². The molecule has 1 heterocycles. The Hall–Kier alpha value is -1.99. The number of nitrogen functional groups attached to an aromatic ring is 1. The van der Waals surface area contributed by atoms with E-state index in [2.05, 4.69) is 4.74 Å². The van der Waals surface area contributed by atoms with Gasteiger partial charge in [0.15, 0.2) is 0 Å². The van der Waals surface area contributed by atoms with Crippen LogP contribution in [0.2, 0.25) is 0 Å². The van der Waals surface area contributed by atoms with Crippen molar-refractivity contribution >= 4 is 17.3 Å². The number of hydrogen-bond acceptors (Lipinski definition) is 4. The Labute approximate surface area is 124 Å². The third-order valence-electron chi connectivity index (χ3n) is 3.59. The van der Waals surface area contributed by atoms with Crippen LogP contribution >= 0.6 is 0 Å². The Balaban J connectivity index is 2.47. The van der Waals surface area contributed by atoms with Crippen LogP contribution in [0.4, 0.5) is 28.9 Å². The Morgan fingerprint density at radius 3 is 2.64 bits per heavy atom. The van der Waals surface area contributed by atoms with Crippen LogP contribution in [0.25, 0.3) is 0 Å². The Bertz CT molecular complexity index is 575. The van der Waals surface area contributed by atoms with Crippen molar-refractivity contribution in [2.24, 2.45) is 0 Å². The molecule has 0 aromatic heterocycles. The SMILES string of the molecule is COC(=O)Cc1cc(N)c(C(F)(F)F)cc1N1CC[C@@H](F)C1. The number of nitrogens with two attached hydrogens (primary N) is 1. The molecule has 1 aromatic rings. The highest BCUT2D eigenvalue weighted by atomic mass is 19.4. The molecule has 122 valence electrons. The molecule has 1 aliphatic rings. The van der Waals surface area contributed by atoms with E-state index in [4.69, 9.17) is 5.73 Å². The molecule has 1 aliphatic heterocycles. The van der Waals surface area contributed by atoms with Gasteiger partial charge in [-0.2, -0.15) is 13.2 Å². The van der Waals surface area contributed by atoms with Crippen LogP contribution in [-0.4, -0.2) is 32.3 Å². The number of nitrogens with zero attached hydrogens (tertiary/aromatic N) is 1. The van der Waals surface area contributed by atoms with E-state index in [1.807, 2.05) is 0 Å². The van der Waals surface area contributed by atoms with Crippen molar-refractivity contribution in [3.63, 3.8) is 0 Å². The average molecular weight is 320 g/mol. The van der Waals surface area contributed by atoms with Crippen LogP contribution < -0.4 is 10.6 Å². The number of methoxy groups -OCH3 is 1. The monoisotopic (exact) mass is 320 g/mol. The lowest BCUT2D eigenvalue weighted by Gasteiger charge is -2.23. The second kappa shape index (κ2) is 6.02. The molecule has 1 aromatic carbocycles. The smallest absolute Gasteiger partial charge is 0.418 e. The van der Waals surface area contributed by atoms with E-state index in [1.165, 1.54) is 12.0 Å². The third kappa shape index (κ3) is 3.42. The van der Waals surface area contributed by atoms with Crippen LogP contribution in [0.3, 0.4) is 0 Å². The van der Waals surface area contributed by atoms with Gasteiger partial charge in [0.2, 0.25) is 0 Å². The molecule has 0 unspecified atom stereocenters. The number of anilines is 2. The molecule has 8 heteroatoms. The molecule has 0 bridgehead atoms. The summed E-state index contributed by atoms with van der Waals surface area (Å²) < 4.78 is 56.9. The molecule has 1 fully saturated rings. The zero-order valence-corrected chi connectivity index (χ0v) is 11.9. The zero-order valence-electron chi connectivity index (χ0n) is 11.9. The van der Waals surface area contributed by atoms with Gasteiger partial charge in [-0.3, -0.25) is 4.79 Å². The van der Waals surface area contributed by atoms with Gasteiger partial charge in [0, 0.05) is 24.5 Å². The normalized spacial score (nSPS) is 18.6. The molecule has 0 saturated carbocycles. The highest BCUT2D eigenvalue weighted by Gasteiger charge is 2.35. The predicted octanol–water partition coefficient (Wildman–Crippen LogP) is 2.55. The summed E-state index contributed by atoms with van der Waals surface area (Å²) in [6, 6.07) is 1.99. The van der Waals surface area contributed by atoms with Crippen molar-refractivity contribution in [1.82, 2.24) is 0 Å². The predicted molar refractivity (Wildman–Crippen MR) is 73.3 cm³/mol. The number of alkyl halides is 4. The second-order valence-corrected chi connectivity index (χ2v) is 5.15. The number of carbonyl (C=O) groups is 1. The maximum atomic E-state index is 13.4. The lowest BCUT2D eigenvalue weighted by molar-refractivity contribution is -0.139. The summed E-state index contributed by atoms with van der Waals surface area (Å²) in [7, 11) is 1.18. The first-order valence-electron chi connectivity index (χ1n) is 6.67. The largest absolute Gasteiger partial charge is 0.469 e. The van der Waals surface area contributed by atoms with Gasteiger partial charge < -0.3 is 15.4 Å². The molecule has 0 spiro atoms. The third-order valence-corrected chi connectivity index (χ3v) is 3.59. The molecule has 0 aliphatic carbocycles. The minimum atomic E-state index is -4.61. The summed E-state index contributed by atoms with van der Waals surface area (Å²) in [5.41, 5.74) is 4.47. The van der Waals surface area contributed by atoms with Gasteiger partial charge in [0.05, 0.1) is 19.1 Å². The van der Waals surface area contributed by atoms with E-state index in [0.29, 0.717) is 5.56 Å². The van der Waals surface area contributed by atoms with Gasteiger partial charge in [-0.1, -0.05) is 0 Å². The Kier molecular flexibility index (Phi) is 4.48. The number of halogens is 4.